The Labute approximate surface area is 221 Å². The van der Waals surface area contributed by atoms with Gasteiger partial charge in [0.05, 0.1) is 17.5 Å². The van der Waals surface area contributed by atoms with Gasteiger partial charge in [0, 0.05) is 38.4 Å². The van der Waals surface area contributed by atoms with Crippen molar-refractivity contribution < 1.29 is 9.53 Å². The van der Waals surface area contributed by atoms with E-state index in [0.717, 1.165) is 89.2 Å². The maximum Gasteiger partial charge on any atom is 0.227 e. The largest absolute Gasteiger partial charge is 0.492 e. The summed E-state index contributed by atoms with van der Waals surface area (Å²) in [5.74, 6) is 1.58. The van der Waals surface area contributed by atoms with E-state index in [1.165, 1.54) is 22.4 Å². The Morgan fingerprint density at radius 3 is 2.97 bits per heavy atom. The number of carbonyl (C=O) groups excluding carboxylic acids is 1. The second kappa shape index (κ2) is 11.4. The third-order valence-electron chi connectivity index (χ3n) is 7.75. The Bertz CT molecular complexity index is 1090. The molecule has 194 valence electrons. The van der Waals surface area contributed by atoms with Crippen molar-refractivity contribution in [1.82, 2.24) is 9.80 Å². The molecule has 2 aromatic rings. The number of carbonyl (C=O) groups is 1. The first-order valence-electron chi connectivity index (χ1n) is 13.8. The number of anilines is 1. The van der Waals surface area contributed by atoms with Crippen LogP contribution in [0.1, 0.15) is 61.8 Å². The topological polar surface area (TPSA) is 44.8 Å². The fourth-order valence-electron chi connectivity index (χ4n) is 6.10. The van der Waals surface area contributed by atoms with Gasteiger partial charge in [0.15, 0.2) is 0 Å². The SMILES string of the molecule is CC(C)CN(Cc1cc(Cl)c2c(c1)CCCCO2)C(=O)C1CCCN(Cc2cccc3c2CCN3)C1. The van der Waals surface area contributed by atoms with Crippen LogP contribution >= 0.6 is 11.6 Å². The molecule has 0 saturated carbocycles. The molecule has 0 aromatic heterocycles. The summed E-state index contributed by atoms with van der Waals surface area (Å²) in [6.45, 7) is 10.3. The molecule has 0 spiro atoms. The molecule has 0 bridgehead atoms. The Morgan fingerprint density at radius 1 is 1.22 bits per heavy atom. The molecule has 36 heavy (non-hydrogen) atoms. The number of fused-ring (bicyclic) bond motifs is 2. The zero-order chi connectivity index (χ0) is 25.1. The van der Waals surface area contributed by atoms with Crippen LogP contribution in [0.3, 0.4) is 0 Å². The molecule has 2 aromatic carbocycles. The molecule has 1 atom stereocenters. The van der Waals surface area contributed by atoms with E-state index in [9.17, 15) is 4.79 Å². The van der Waals surface area contributed by atoms with Crippen LogP contribution in [0.2, 0.25) is 5.02 Å². The zero-order valence-corrected chi connectivity index (χ0v) is 22.6. The minimum Gasteiger partial charge on any atom is -0.492 e. The van der Waals surface area contributed by atoms with E-state index in [-0.39, 0.29) is 11.8 Å². The predicted octanol–water partition coefficient (Wildman–Crippen LogP) is 5.92. The van der Waals surface area contributed by atoms with Gasteiger partial charge in [0.2, 0.25) is 5.91 Å². The smallest absolute Gasteiger partial charge is 0.227 e. The maximum atomic E-state index is 13.9. The summed E-state index contributed by atoms with van der Waals surface area (Å²) in [6.07, 6.45) is 6.28. The summed E-state index contributed by atoms with van der Waals surface area (Å²) < 4.78 is 5.91. The number of halogens is 1. The van der Waals surface area contributed by atoms with Crippen LogP contribution in [-0.4, -0.2) is 48.5 Å². The van der Waals surface area contributed by atoms with Gasteiger partial charge in [-0.05, 0) is 85.4 Å². The highest BCUT2D eigenvalue weighted by atomic mass is 35.5. The molecule has 1 fully saturated rings. The van der Waals surface area contributed by atoms with Gasteiger partial charge in [-0.15, -0.1) is 0 Å². The minimum absolute atomic E-state index is 0.0482. The number of nitrogens with one attached hydrogen (secondary N) is 1. The van der Waals surface area contributed by atoms with Gasteiger partial charge in [-0.1, -0.05) is 43.6 Å². The van der Waals surface area contributed by atoms with Crippen molar-refractivity contribution in [3.63, 3.8) is 0 Å². The molecule has 3 aliphatic rings. The standard InChI is InChI=1S/C30H40ClN3O2/c1-21(2)17-34(18-22-15-23-7-3-4-14-36-29(23)27(31)16-22)30(35)25-9-6-13-33(20-25)19-24-8-5-10-28-26(24)11-12-32-28/h5,8,10,15-16,21,25,32H,3-4,6-7,9,11-14,17-20H2,1-2H3. The maximum absolute atomic E-state index is 13.9. The van der Waals surface area contributed by atoms with E-state index >= 15 is 0 Å². The number of likely N-dealkylation sites (tertiary alicyclic amines) is 1. The Hall–Kier alpha value is -2.24. The highest BCUT2D eigenvalue weighted by molar-refractivity contribution is 6.32. The molecule has 0 radical (unpaired) electrons. The molecule has 5 rings (SSSR count). The fraction of sp³-hybridized carbons (Fsp3) is 0.567. The molecule has 3 heterocycles. The monoisotopic (exact) mass is 509 g/mol. The normalized spacial score (nSPS) is 19.7. The van der Waals surface area contributed by atoms with E-state index in [2.05, 4.69) is 53.2 Å². The van der Waals surface area contributed by atoms with Crippen molar-refractivity contribution >= 4 is 23.2 Å². The zero-order valence-electron chi connectivity index (χ0n) is 21.8. The van der Waals surface area contributed by atoms with Crippen LogP contribution in [0.5, 0.6) is 5.75 Å². The second-order valence-electron chi connectivity index (χ2n) is 11.2. The summed E-state index contributed by atoms with van der Waals surface area (Å²) in [7, 11) is 0. The molecular formula is C30H40ClN3O2. The number of piperidine rings is 1. The van der Waals surface area contributed by atoms with Crippen molar-refractivity contribution in [2.45, 2.75) is 65.5 Å². The molecule has 1 saturated heterocycles. The lowest BCUT2D eigenvalue weighted by Gasteiger charge is -2.36. The number of rotatable bonds is 7. The molecule has 1 N–H and O–H groups in total. The van der Waals surface area contributed by atoms with Crippen molar-refractivity contribution in [3.05, 3.63) is 57.6 Å². The van der Waals surface area contributed by atoms with Crippen molar-refractivity contribution in [2.75, 3.05) is 38.1 Å². The first-order valence-corrected chi connectivity index (χ1v) is 14.2. The number of aryl methyl sites for hydroxylation is 1. The number of ether oxygens (including phenoxy) is 1. The van der Waals surface area contributed by atoms with Crippen molar-refractivity contribution in [3.8, 4) is 5.75 Å². The van der Waals surface area contributed by atoms with Crippen LogP contribution in [0, 0.1) is 11.8 Å². The number of nitrogens with zero attached hydrogens (tertiary/aromatic N) is 2. The fourth-order valence-corrected chi connectivity index (χ4v) is 6.42. The van der Waals surface area contributed by atoms with Crippen molar-refractivity contribution in [1.29, 1.82) is 0 Å². The highest BCUT2D eigenvalue weighted by Crippen LogP contribution is 2.34. The van der Waals surface area contributed by atoms with Gasteiger partial charge >= 0.3 is 0 Å². The van der Waals surface area contributed by atoms with E-state index in [1.807, 2.05) is 6.07 Å². The van der Waals surface area contributed by atoms with Crippen molar-refractivity contribution in [2.24, 2.45) is 11.8 Å². The highest BCUT2D eigenvalue weighted by Gasteiger charge is 2.30. The van der Waals surface area contributed by atoms with E-state index in [1.54, 1.807) is 0 Å². The molecule has 6 heteroatoms. The lowest BCUT2D eigenvalue weighted by Crippen LogP contribution is -2.45. The minimum atomic E-state index is 0.0482. The average Bonchev–Trinajstić information content (AvgIpc) is 3.22. The summed E-state index contributed by atoms with van der Waals surface area (Å²) >= 11 is 6.63. The summed E-state index contributed by atoms with van der Waals surface area (Å²) in [5.41, 5.74) is 6.44. The van der Waals surface area contributed by atoms with Gasteiger partial charge in [0.25, 0.3) is 0 Å². The Balaban J connectivity index is 1.29. The number of hydrogen-bond acceptors (Lipinski definition) is 4. The lowest BCUT2D eigenvalue weighted by atomic mass is 9.94. The van der Waals surface area contributed by atoms with Gasteiger partial charge < -0.3 is 15.0 Å². The first-order chi connectivity index (χ1) is 17.5. The van der Waals surface area contributed by atoms with Gasteiger partial charge in [-0.3, -0.25) is 9.69 Å². The molecule has 5 nitrogen and oxygen atoms in total. The van der Waals surface area contributed by atoms with Gasteiger partial charge in [0.1, 0.15) is 5.75 Å². The first kappa shape index (κ1) is 25.4. The van der Waals surface area contributed by atoms with E-state index in [0.29, 0.717) is 17.5 Å². The average molecular weight is 510 g/mol. The van der Waals surface area contributed by atoms with Crippen LogP contribution in [0.25, 0.3) is 0 Å². The summed E-state index contributed by atoms with van der Waals surface area (Å²) in [6, 6.07) is 10.8. The molecule has 1 amide bonds. The van der Waals surface area contributed by atoms with Gasteiger partial charge in [-0.2, -0.15) is 0 Å². The van der Waals surface area contributed by atoms with Crippen LogP contribution < -0.4 is 10.1 Å². The van der Waals surface area contributed by atoms with Crippen LogP contribution in [-0.2, 0) is 30.7 Å². The number of benzene rings is 2. The molecular weight excluding hydrogens is 470 g/mol. The van der Waals surface area contributed by atoms with Gasteiger partial charge in [-0.25, -0.2) is 0 Å². The molecule has 0 aliphatic carbocycles. The Morgan fingerprint density at radius 2 is 2.11 bits per heavy atom. The lowest BCUT2D eigenvalue weighted by molar-refractivity contribution is -0.138. The number of amides is 1. The second-order valence-corrected chi connectivity index (χ2v) is 11.6. The van der Waals surface area contributed by atoms with E-state index in [4.69, 9.17) is 16.3 Å². The third kappa shape index (κ3) is 5.84. The predicted molar refractivity (Wildman–Crippen MR) is 147 cm³/mol. The number of hydrogen-bond donors (Lipinski definition) is 1. The Kier molecular flexibility index (Phi) is 8.07. The van der Waals surface area contributed by atoms with Crippen LogP contribution in [0.4, 0.5) is 5.69 Å². The molecule has 1 unspecified atom stereocenters. The summed E-state index contributed by atoms with van der Waals surface area (Å²) in [5, 5.41) is 4.17. The van der Waals surface area contributed by atoms with Crippen LogP contribution in [0.15, 0.2) is 30.3 Å². The third-order valence-corrected chi connectivity index (χ3v) is 8.03. The summed E-state index contributed by atoms with van der Waals surface area (Å²) in [4.78, 5) is 18.5. The quantitative estimate of drug-likeness (QED) is 0.503. The van der Waals surface area contributed by atoms with E-state index < -0.39 is 0 Å². The molecule has 3 aliphatic heterocycles.